The summed E-state index contributed by atoms with van der Waals surface area (Å²) in [6.45, 7) is 0. The van der Waals surface area contributed by atoms with E-state index in [1.807, 2.05) is 0 Å². The van der Waals surface area contributed by atoms with E-state index < -0.39 is 17.3 Å². The van der Waals surface area contributed by atoms with Crippen molar-refractivity contribution in [2.45, 2.75) is 11.8 Å². The van der Waals surface area contributed by atoms with Crippen molar-refractivity contribution in [3.8, 4) is 5.88 Å². The Kier molecular flexibility index (Phi) is 3.20. The Hall–Kier alpha value is -2.80. The lowest BCUT2D eigenvalue weighted by atomic mass is 9.80. The smallest absolute Gasteiger partial charge is 0.426 e. The van der Waals surface area contributed by atoms with Gasteiger partial charge in [0.2, 0.25) is 11.5 Å². The normalized spacial score (nSPS) is 19.1. The minimum atomic E-state index is -4.96. The number of aromatic nitrogens is 1. The maximum atomic E-state index is 14.0. The van der Waals surface area contributed by atoms with Crippen molar-refractivity contribution in [1.82, 2.24) is 4.98 Å². The summed E-state index contributed by atoms with van der Waals surface area (Å²) in [4.78, 5) is 4.17. The summed E-state index contributed by atoms with van der Waals surface area (Å²) in [6, 6.07) is 12.5. The van der Waals surface area contributed by atoms with Crippen LogP contribution < -0.4 is 10.1 Å². The number of anilines is 2. The molecule has 25 heavy (non-hydrogen) atoms. The van der Waals surface area contributed by atoms with Crippen LogP contribution in [0.15, 0.2) is 48.5 Å². The van der Waals surface area contributed by atoms with Crippen molar-refractivity contribution in [3.63, 3.8) is 0 Å². The number of pyridine rings is 1. The number of hydrogen-bond donors (Lipinski definition) is 2. The van der Waals surface area contributed by atoms with Crippen LogP contribution >= 0.6 is 0 Å². The van der Waals surface area contributed by atoms with Crippen LogP contribution in [0.5, 0.6) is 5.88 Å². The van der Waals surface area contributed by atoms with E-state index in [9.17, 15) is 18.3 Å². The standard InChI is InChI=1S/C18H13F3N2O2/c1-25-16-14-15(10-6-2-4-8-12(10)23-16)22-13-9-5-3-7-11(13)17(14,24)18(19,20)21/h2-9,22,24H,1H3. The monoisotopic (exact) mass is 346 g/mol. The van der Waals surface area contributed by atoms with Crippen LogP contribution in [0.1, 0.15) is 11.1 Å². The van der Waals surface area contributed by atoms with Crippen molar-refractivity contribution in [2.75, 3.05) is 12.4 Å². The molecular formula is C18H13F3N2O2. The molecule has 0 radical (unpaired) electrons. The van der Waals surface area contributed by atoms with Gasteiger partial charge in [-0.1, -0.05) is 36.4 Å². The van der Waals surface area contributed by atoms with Crippen LogP contribution in [0.25, 0.3) is 10.9 Å². The number of nitrogens with one attached hydrogen (secondary N) is 1. The topological polar surface area (TPSA) is 54.4 Å². The van der Waals surface area contributed by atoms with Crippen molar-refractivity contribution < 1.29 is 23.0 Å². The highest BCUT2D eigenvalue weighted by Gasteiger charge is 2.61. The number of rotatable bonds is 1. The molecule has 0 saturated carbocycles. The molecule has 0 amide bonds. The third-order valence-corrected chi connectivity index (χ3v) is 4.40. The quantitative estimate of drug-likeness (QED) is 0.697. The second kappa shape index (κ2) is 5.10. The number of para-hydroxylation sites is 2. The predicted octanol–water partition coefficient (Wildman–Crippen LogP) is 4.10. The molecule has 1 aromatic heterocycles. The highest BCUT2D eigenvalue weighted by Crippen LogP contribution is 2.56. The molecule has 1 unspecified atom stereocenters. The molecule has 0 aliphatic carbocycles. The summed E-state index contributed by atoms with van der Waals surface area (Å²) in [7, 11) is 1.23. The fourth-order valence-electron chi connectivity index (χ4n) is 3.27. The zero-order valence-electron chi connectivity index (χ0n) is 13.1. The van der Waals surface area contributed by atoms with Gasteiger partial charge in [-0.3, -0.25) is 0 Å². The first-order valence-corrected chi connectivity index (χ1v) is 7.50. The second-order valence-corrected chi connectivity index (χ2v) is 5.77. The van der Waals surface area contributed by atoms with E-state index in [4.69, 9.17) is 4.74 Å². The third-order valence-electron chi connectivity index (χ3n) is 4.40. The van der Waals surface area contributed by atoms with Gasteiger partial charge < -0.3 is 15.2 Å². The van der Waals surface area contributed by atoms with Gasteiger partial charge in [0.15, 0.2) is 0 Å². The van der Waals surface area contributed by atoms with Crippen molar-refractivity contribution >= 4 is 22.3 Å². The minimum Gasteiger partial charge on any atom is -0.481 e. The van der Waals surface area contributed by atoms with E-state index in [1.54, 1.807) is 30.3 Å². The lowest BCUT2D eigenvalue weighted by molar-refractivity contribution is -0.248. The molecule has 0 spiro atoms. The molecule has 2 aromatic carbocycles. The van der Waals surface area contributed by atoms with Crippen LogP contribution in [0.3, 0.4) is 0 Å². The molecule has 3 aromatic rings. The molecule has 128 valence electrons. The van der Waals surface area contributed by atoms with E-state index in [-0.39, 0.29) is 22.8 Å². The fraction of sp³-hybridized carbons (Fsp3) is 0.167. The highest BCUT2D eigenvalue weighted by atomic mass is 19.4. The van der Waals surface area contributed by atoms with Gasteiger partial charge in [0.25, 0.3) is 0 Å². The number of hydrogen-bond acceptors (Lipinski definition) is 4. The maximum Gasteiger partial charge on any atom is 0.426 e. The van der Waals surface area contributed by atoms with Crippen LogP contribution in [0.2, 0.25) is 0 Å². The number of aliphatic hydroxyl groups is 1. The molecule has 0 bridgehead atoms. The lowest BCUT2D eigenvalue weighted by Crippen LogP contribution is -2.46. The molecule has 2 N–H and O–H groups in total. The zero-order chi connectivity index (χ0) is 17.8. The number of halogens is 3. The molecule has 4 rings (SSSR count). The summed E-state index contributed by atoms with van der Waals surface area (Å²) >= 11 is 0. The van der Waals surface area contributed by atoms with Gasteiger partial charge in [-0.15, -0.1) is 0 Å². The van der Waals surface area contributed by atoms with Gasteiger partial charge >= 0.3 is 6.18 Å². The first-order valence-electron chi connectivity index (χ1n) is 7.50. The average molecular weight is 346 g/mol. The van der Waals surface area contributed by atoms with E-state index in [1.165, 1.54) is 25.3 Å². The van der Waals surface area contributed by atoms with E-state index in [0.717, 1.165) is 0 Å². The first-order chi connectivity index (χ1) is 11.9. The molecule has 2 heterocycles. The van der Waals surface area contributed by atoms with Gasteiger partial charge in [-0.2, -0.15) is 13.2 Å². The number of nitrogens with zero attached hydrogens (tertiary/aromatic N) is 1. The maximum absolute atomic E-state index is 14.0. The summed E-state index contributed by atoms with van der Waals surface area (Å²) in [6.07, 6.45) is -4.96. The van der Waals surface area contributed by atoms with Gasteiger partial charge in [0, 0.05) is 16.6 Å². The Bertz CT molecular complexity index is 988. The number of methoxy groups -OCH3 is 1. The summed E-state index contributed by atoms with van der Waals surface area (Å²) < 4.78 is 47.2. The molecule has 1 aliphatic heterocycles. The van der Waals surface area contributed by atoms with Crippen molar-refractivity contribution in [1.29, 1.82) is 0 Å². The highest BCUT2D eigenvalue weighted by molar-refractivity contribution is 5.98. The molecule has 1 atom stereocenters. The molecular weight excluding hydrogens is 333 g/mol. The van der Waals surface area contributed by atoms with Crippen molar-refractivity contribution in [2.24, 2.45) is 0 Å². The summed E-state index contributed by atoms with van der Waals surface area (Å²) in [5.74, 6) is -0.268. The van der Waals surface area contributed by atoms with Crippen molar-refractivity contribution in [3.05, 3.63) is 59.7 Å². The Morgan fingerprint density at radius 2 is 1.76 bits per heavy atom. The largest absolute Gasteiger partial charge is 0.481 e. The second-order valence-electron chi connectivity index (χ2n) is 5.77. The number of fused-ring (bicyclic) bond motifs is 4. The Morgan fingerprint density at radius 1 is 1.08 bits per heavy atom. The molecule has 4 nitrogen and oxygen atoms in total. The Labute approximate surface area is 140 Å². The Morgan fingerprint density at radius 3 is 2.48 bits per heavy atom. The van der Waals surface area contributed by atoms with E-state index in [0.29, 0.717) is 10.9 Å². The van der Waals surface area contributed by atoms with E-state index >= 15 is 0 Å². The van der Waals surface area contributed by atoms with Crippen LogP contribution in [-0.4, -0.2) is 23.4 Å². The summed E-state index contributed by atoms with van der Waals surface area (Å²) in [5.41, 5.74) is -3.15. The molecule has 0 fully saturated rings. The van der Waals surface area contributed by atoms with Gasteiger partial charge in [-0.25, -0.2) is 4.98 Å². The van der Waals surface area contributed by atoms with Crippen LogP contribution in [0, 0.1) is 0 Å². The SMILES string of the molecule is COc1nc2ccccc2c2c1C(O)(C(F)(F)F)c1ccccc1N2. The fourth-order valence-corrected chi connectivity index (χ4v) is 3.27. The molecule has 7 heteroatoms. The summed E-state index contributed by atoms with van der Waals surface area (Å²) in [5, 5.41) is 14.4. The number of ether oxygens (including phenoxy) is 1. The minimum absolute atomic E-state index is 0.140. The molecule has 1 aliphatic rings. The number of alkyl halides is 3. The third kappa shape index (κ3) is 2.02. The Balaban J connectivity index is 2.18. The van der Waals surface area contributed by atoms with Crippen LogP contribution in [-0.2, 0) is 5.60 Å². The number of benzene rings is 2. The predicted molar refractivity (Wildman–Crippen MR) is 87.1 cm³/mol. The van der Waals surface area contributed by atoms with Gasteiger partial charge in [0.1, 0.15) is 0 Å². The molecule has 0 saturated heterocycles. The van der Waals surface area contributed by atoms with E-state index in [2.05, 4.69) is 10.3 Å². The van der Waals surface area contributed by atoms with Crippen LogP contribution in [0.4, 0.5) is 24.5 Å². The lowest BCUT2D eigenvalue weighted by Gasteiger charge is -2.38. The van der Waals surface area contributed by atoms with Gasteiger partial charge in [-0.05, 0) is 12.1 Å². The average Bonchev–Trinajstić information content (AvgIpc) is 2.60. The van der Waals surface area contributed by atoms with Gasteiger partial charge in [0.05, 0.1) is 23.9 Å². The zero-order valence-corrected chi connectivity index (χ0v) is 13.1. The first kappa shape index (κ1) is 15.7.